The largest absolute Gasteiger partial charge is 0.229 e. The van der Waals surface area contributed by atoms with Crippen LogP contribution >= 0.6 is 0 Å². The van der Waals surface area contributed by atoms with Gasteiger partial charge in [-0.25, -0.2) is 8.42 Å². The van der Waals surface area contributed by atoms with Crippen molar-refractivity contribution in [2.45, 2.75) is 45.4 Å². The minimum absolute atomic E-state index is 0.261. The van der Waals surface area contributed by atoms with E-state index in [-0.39, 0.29) is 5.75 Å². The first-order valence-electron chi connectivity index (χ1n) is 8.35. The summed E-state index contributed by atoms with van der Waals surface area (Å²) in [5.41, 5.74) is 5.27. The fourth-order valence-electron chi connectivity index (χ4n) is 3.40. The molecule has 1 aromatic carbocycles. The molecule has 0 N–H and O–H groups in total. The lowest BCUT2D eigenvalue weighted by Crippen LogP contribution is -2.16. The van der Waals surface area contributed by atoms with Crippen molar-refractivity contribution in [2.24, 2.45) is 5.92 Å². The van der Waals surface area contributed by atoms with Gasteiger partial charge in [0.2, 0.25) is 0 Å². The van der Waals surface area contributed by atoms with E-state index in [1.165, 1.54) is 34.9 Å². The Morgan fingerprint density at radius 3 is 2.48 bits per heavy atom. The fraction of sp³-hybridized carbons (Fsp3) is 0.500. The lowest BCUT2D eigenvalue weighted by Gasteiger charge is -2.30. The van der Waals surface area contributed by atoms with Crippen molar-refractivity contribution in [3.05, 3.63) is 59.2 Å². The first kappa shape index (κ1) is 18.0. The normalized spacial score (nSPS) is 21.8. The van der Waals surface area contributed by atoms with Crippen molar-refractivity contribution in [3.63, 3.8) is 0 Å². The van der Waals surface area contributed by atoms with Gasteiger partial charge in [-0.2, -0.15) is 0 Å². The molecule has 0 amide bonds. The van der Waals surface area contributed by atoms with Gasteiger partial charge in [0.1, 0.15) is 9.84 Å². The average molecular weight is 333 g/mol. The molecule has 0 fully saturated rings. The monoisotopic (exact) mass is 332 g/mol. The topological polar surface area (TPSA) is 34.1 Å². The lowest BCUT2D eigenvalue weighted by atomic mass is 9.74. The molecule has 2 atom stereocenters. The lowest BCUT2D eigenvalue weighted by molar-refractivity contribution is 0.483. The van der Waals surface area contributed by atoms with Crippen LogP contribution in [0, 0.1) is 5.92 Å². The van der Waals surface area contributed by atoms with E-state index in [1.54, 1.807) is 0 Å². The second-order valence-electron chi connectivity index (χ2n) is 7.01. The Hall–Kier alpha value is -1.35. The number of aryl methyl sites for hydroxylation is 1. The first-order chi connectivity index (χ1) is 10.8. The number of sulfone groups is 1. The summed E-state index contributed by atoms with van der Waals surface area (Å²) < 4.78 is 22.4. The SMILES string of the molecule is C=C(C)[C@@H]1CCC(C)=C[C@H]1c1ccc(CCCS(C)(=O)=O)cc1. The maximum atomic E-state index is 11.2. The van der Waals surface area contributed by atoms with Gasteiger partial charge in [0, 0.05) is 12.2 Å². The molecule has 126 valence electrons. The summed E-state index contributed by atoms with van der Waals surface area (Å²) in [6.07, 6.45) is 7.54. The number of allylic oxidation sites excluding steroid dienone is 3. The number of hydrogen-bond donors (Lipinski definition) is 0. The summed E-state index contributed by atoms with van der Waals surface area (Å²) in [7, 11) is -2.86. The van der Waals surface area contributed by atoms with Crippen LogP contribution in [-0.2, 0) is 16.3 Å². The highest BCUT2D eigenvalue weighted by Crippen LogP contribution is 2.39. The zero-order chi connectivity index (χ0) is 17.0. The summed E-state index contributed by atoms with van der Waals surface area (Å²) in [6.45, 7) is 8.51. The quantitative estimate of drug-likeness (QED) is 0.709. The van der Waals surface area contributed by atoms with Crippen LogP contribution in [0.1, 0.15) is 50.2 Å². The fourth-order valence-corrected chi connectivity index (χ4v) is 4.06. The molecule has 2 nitrogen and oxygen atoms in total. The molecule has 0 aromatic heterocycles. The van der Waals surface area contributed by atoms with Crippen molar-refractivity contribution >= 4 is 9.84 Å². The molecular weight excluding hydrogens is 304 g/mol. The molecule has 1 aromatic rings. The zero-order valence-corrected chi connectivity index (χ0v) is 15.3. The van der Waals surface area contributed by atoms with Crippen LogP contribution in [0.15, 0.2) is 48.1 Å². The molecule has 0 unspecified atom stereocenters. The number of rotatable bonds is 6. The Labute approximate surface area is 141 Å². The van der Waals surface area contributed by atoms with Crippen LogP contribution in [0.4, 0.5) is 0 Å². The van der Waals surface area contributed by atoms with E-state index < -0.39 is 9.84 Å². The van der Waals surface area contributed by atoms with Gasteiger partial charge in [-0.15, -0.1) is 0 Å². The minimum atomic E-state index is -2.86. The maximum absolute atomic E-state index is 11.2. The molecule has 23 heavy (non-hydrogen) atoms. The van der Waals surface area contributed by atoms with Crippen molar-refractivity contribution in [3.8, 4) is 0 Å². The highest BCUT2D eigenvalue weighted by Gasteiger charge is 2.25. The van der Waals surface area contributed by atoms with Gasteiger partial charge in [0.25, 0.3) is 0 Å². The molecule has 0 saturated heterocycles. The van der Waals surface area contributed by atoms with Crippen LogP contribution < -0.4 is 0 Å². The summed E-state index contributed by atoms with van der Waals surface area (Å²) in [6, 6.07) is 8.69. The van der Waals surface area contributed by atoms with Crippen LogP contribution in [0.3, 0.4) is 0 Å². The Morgan fingerprint density at radius 1 is 1.26 bits per heavy atom. The molecule has 0 aliphatic heterocycles. The predicted molar refractivity (Wildman–Crippen MR) is 98.5 cm³/mol. The van der Waals surface area contributed by atoms with Crippen LogP contribution in [-0.4, -0.2) is 20.4 Å². The summed E-state index contributed by atoms with van der Waals surface area (Å²) in [5.74, 6) is 1.21. The summed E-state index contributed by atoms with van der Waals surface area (Å²) in [4.78, 5) is 0. The van der Waals surface area contributed by atoms with Crippen LogP contribution in [0.25, 0.3) is 0 Å². The maximum Gasteiger partial charge on any atom is 0.147 e. The van der Waals surface area contributed by atoms with E-state index in [0.717, 1.165) is 12.8 Å². The van der Waals surface area contributed by atoms with Gasteiger partial charge in [-0.05, 0) is 56.6 Å². The van der Waals surface area contributed by atoms with E-state index in [1.807, 2.05) is 0 Å². The van der Waals surface area contributed by atoms with Crippen molar-refractivity contribution in [1.29, 1.82) is 0 Å². The molecule has 0 heterocycles. The standard InChI is InChI=1S/C20H28O2S/c1-15(2)19-12-7-16(3)14-20(19)18-10-8-17(9-11-18)6-5-13-23(4,21)22/h8-11,14,19-20H,1,5-7,12-13H2,2-4H3/t19-,20-/m0/s1. The molecule has 0 bridgehead atoms. The van der Waals surface area contributed by atoms with Crippen molar-refractivity contribution in [1.82, 2.24) is 0 Å². The van der Waals surface area contributed by atoms with Gasteiger partial charge < -0.3 is 0 Å². The molecule has 0 saturated carbocycles. The molecule has 0 radical (unpaired) electrons. The Morgan fingerprint density at radius 2 is 1.91 bits per heavy atom. The third-order valence-electron chi connectivity index (χ3n) is 4.73. The summed E-state index contributed by atoms with van der Waals surface area (Å²) in [5, 5.41) is 0. The smallest absolute Gasteiger partial charge is 0.147 e. The molecule has 1 aliphatic carbocycles. The Balaban J connectivity index is 2.08. The minimum Gasteiger partial charge on any atom is -0.229 e. The second kappa shape index (κ2) is 7.48. The third-order valence-corrected chi connectivity index (χ3v) is 5.76. The molecular formula is C20H28O2S. The van der Waals surface area contributed by atoms with Gasteiger partial charge in [-0.1, -0.05) is 48.1 Å². The average Bonchev–Trinajstić information content (AvgIpc) is 2.46. The Kier molecular flexibility index (Phi) is 5.85. The Bertz CT molecular complexity index is 681. The predicted octanol–water partition coefficient (Wildman–Crippen LogP) is 4.68. The highest BCUT2D eigenvalue weighted by molar-refractivity contribution is 7.90. The van der Waals surface area contributed by atoms with Crippen LogP contribution in [0.2, 0.25) is 0 Å². The summed E-state index contributed by atoms with van der Waals surface area (Å²) >= 11 is 0. The van der Waals surface area contributed by atoms with Crippen molar-refractivity contribution < 1.29 is 8.42 Å². The van der Waals surface area contributed by atoms with Gasteiger partial charge in [0.05, 0.1) is 5.75 Å². The van der Waals surface area contributed by atoms with E-state index in [4.69, 9.17) is 0 Å². The third kappa shape index (κ3) is 5.35. The molecule has 0 spiro atoms. The van der Waals surface area contributed by atoms with Crippen LogP contribution in [0.5, 0.6) is 0 Å². The van der Waals surface area contributed by atoms with E-state index in [0.29, 0.717) is 18.3 Å². The van der Waals surface area contributed by atoms with E-state index >= 15 is 0 Å². The van der Waals surface area contributed by atoms with E-state index in [9.17, 15) is 8.42 Å². The molecule has 1 aliphatic rings. The van der Waals surface area contributed by atoms with Gasteiger partial charge in [0.15, 0.2) is 0 Å². The molecule has 2 rings (SSSR count). The van der Waals surface area contributed by atoms with Gasteiger partial charge in [-0.3, -0.25) is 0 Å². The highest BCUT2D eigenvalue weighted by atomic mass is 32.2. The second-order valence-corrected chi connectivity index (χ2v) is 9.27. The van der Waals surface area contributed by atoms with E-state index in [2.05, 4.69) is 50.8 Å². The first-order valence-corrected chi connectivity index (χ1v) is 10.4. The molecule has 3 heteroatoms. The zero-order valence-electron chi connectivity index (χ0n) is 14.5. The number of benzene rings is 1. The van der Waals surface area contributed by atoms with Crippen molar-refractivity contribution in [2.75, 3.05) is 12.0 Å². The van der Waals surface area contributed by atoms with Gasteiger partial charge >= 0.3 is 0 Å². The number of hydrogen-bond acceptors (Lipinski definition) is 2.